The predicted octanol–water partition coefficient (Wildman–Crippen LogP) is 1.37. The standard InChI is InChI=1S/C17H25N3O3/c1-11-14(12(2)19(3)18-11)15(21)16(22)20-9-8-17(23)7-5-4-6-13(17)10-20/h13,23H,4-10H2,1-3H3. The molecule has 1 aromatic heterocycles. The van der Waals surface area contributed by atoms with E-state index in [-0.39, 0.29) is 5.92 Å². The minimum Gasteiger partial charge on any atom is -0.389 e. The van der Waals surface area contributed by atoms with Gasteiger partial charge in [-0.05, 0) is 33.1 Å². The first kappa shape index (κ1) is 16.2. The summed E-state index contributed by atoms with van der Waals surface area (Å²) in [7, 11) is 1.77. The molecular weight excluding hydrogens is 294 g/mol. The topological polar surface area (TPSA) is 75.4 Å². The number of rotatable bonds is 2. The Balaban J connectivity index is 1.77. The molecule has 1 aliphatic carbocycles. The number of fused-ring (bicyclic) bond motifs is 1. The number of likely N-dealkylation sites (tertiary alicyclic amines) is 1. The van der Waals surface area contributed by atoms with Crippen molar-refractivity contribution in [2.24, 2.45) is 13.0 Å². The van der Waals surface area contributed by atoms with Gasteiger partial charge in [0.05, 0.1) is 16.9 Å². The van der Waals surface area contributed by atoms with E-state index in [0.717, 1.165) is 25.7 Å². The Hall–Kier alpha value is -1.69. The van der Waals surface area contributed by atoms with Crippen LogP contribution in [0.1, 0.15) is 53.8 Å². The number of piperidine rings is 1. The van der Waals surface area contributed by atoms with Gasteiger partial charge in [-0.15, -0.1) is 0 Å². The Labute approximate surface area is 136 Å². The average molecular weight is 319 g/mol. The number of ketones is 1. The van der Waals surface area contributed by atoms with Crippen LogP contribution in [0.4, 0.5) is 0 Å². The molecule has 0 radical (unpaired) electrons. The van der Waals surface area contributed by atoms with Crippen LogP contribution >= 0.6 is 0 Å². The molecule has 1 saturated heterocycles. The van der Waals surface area contributed by atoms with Gasteiger partial charge >= 0.3 is 0 Å². The van der Waals surface area contributed by atoms with Gasteiger partial charge in [0.15, 0.2) is 0 Å². The predicted molar refractivity (Wildman–Crippen MR) is 85.1 cm³/mol. The Kier molecular flexibility index (Phi) is 4.04. The van der Waals surface area contributed by atoms with E-state index < -0.39 is 17.3 Å². The minimum absolute atomic E-state index is 0.0952. The molecule has 1 aliphatic heterocycles. The van der Waals surface area contributed by atoms with Crippen molar-refractivity contribution in [2.45, 2.75) is 51.6 Å². The van der Waals surface area contributed by atoms with Crippen LogP contribution in [-0.4, -0.2) is 50.2 Å². The van der Waals surface area contributed by atoms with E-state index in [9.17, 15) is 14.7 Å². The Morgan fingerprint density at radius 3 is 2.65 bits per heavy atom. The van der Waals surface area contributed by atoms with Crippen LogP contribution in [0.5, 0.6) is 0 Å². The summed E-state index contributed by atoms with van der Waals surface area (Å²) in [6.45, 7) is 4.50. The first-order valence-electron chi connectivity index (χ1n) is 8.39. The molecule has 2 fully saturated rings. The van der Waals surface area contributed by atoms with Crippen LogP contribution in [0, 0.1) is 19.8 Å². The summed E-state index contributed by atoms with van der Waals surface area (Å²) in [5.74, 6) is -0.844. The number of nitrogens with zero attached hydrogens (tertiary/aromatic N) is 3. The van der Waals surface area contributed by atoms with Crippen molar-refractivity contribution in [2.75, 3.05) is 13.1 Å². The zero-order valence-corrected chi connectivity index (χ0v) is 14.1. The largest absolute Gasteiger partial charge is 0.389 e. The molecule has 1 aromatic rings. The van der Waals surface area contributed by atoms with Crippen LogP contribution in [0.3, 0.4) is 0 Å². The van der Waals surface area contributed by atoms with Gasteiger partial charge in [-0.25, -0.2) is 0 Å². The zero-order chi connectivity index (χ0) is 16.8. The van der Waals surface area contributed by atoms with Crippen LogP contribution in [0.2, 0.25) is 0 Å². The van der Waals surface area contributed by atoms with Crippen LogP contribution < -0.4 is 0 Å². The molecule has 126 valence electrons. The second kappa shape index (κ2) is 5.74. The maximum absolute atomic E-state index is 12.6. The summed E-state index contributed by atoms with van der Waals surface area (Å²) in [4.78, 5) is 26.9. The normalized spacial score (nSPS) is 27.7. The zero-order valence-electron chi connectivity index (χ0n) is 14.1. The number of aliphatic hydroxyl groups is 1. The SMILES string of the molecule is Cc1nn(C)c(C)c1C(=O)C(=O)N1CCC2(O)CCCCC2C1. The van der Waals surface area contributed by atoms with Crippen LogP contribution in [-0.2, 0) is 11.8 Å². The number of hydrogen-bond acceptors (Lipinski definition) is 4. The highest BCUT2D eigenvalue weighted by Gasteiger charge is 2.44. The molecule has 1 amide bonds. The molecule has 1 saturated carbocycles. The lowest BCUT2D eigenvalue weighted by molar-refractivity contribution is -0.138. The molecule has 2 heterocycles. The fraction of sp³-hybridized carbons (Fsp3) is 0.706. The van der Waals surface area contributed by atoms with Crippen molar-refractivity contribution >= 4 is 11.7 Å². The van der Waals surface area contributed by atoms with E-state index in [1.165, 1.54) is 0 Å². The summed E-state index contributed by atoms with van der Waals surface area (Å²) >= 11 is 0. The van der Waals surface area contributed by atoms with E-state index in [2.05, 4.69) is 5.10 Å². The molecule has 3 rings (SSSR count). The van der Waals surface area contributed by atoms with Gasteiger partial charge in [-0.3, -0.25) is 14.3 Å². The highest BCUT2D eigenvalue weighted by atomic mass is 16.3. The maximum Gasteiger partial charge on any atom is 0.295 e. The fourth-order valence-electron chi connectivity index (χ4n) is 4.11. The molecule has 0 aromatic carbocycles. The van der Waals surface area contributed by atoms with Gasteiger partial charge in [0.25, 0.3) is 11.7 Å². The van der Waals surface area contributed by atoms with Crippen molar-refractivity contribution in [3.05, 3.63) is 17.0 Å². The first-order valence-corrected chi connectivity index (χ1v) is 8.39. The molecule has 1 N–H and O–H groups in total. The second-order valence-electron chi connectivity index (χ2n) is 7.05. The molecule has 2 aliphatic rings. The molecule has 0 spiro atoms. The quantitative estimate of drug-likeness (QED) is 0.660. The molecule has 6 nitrogen and oxygen atoms in total. The number of Topliss-reactive ketones (excluding diaryl/α,β-unsaturated/α-hetero) is 1. The fourth-order valence-corrected chi connectivity index (χ4v) is 4.11. The van der Waals surface area contributed by atoms with Gasteiger partial charge in [0.1, 0.15) is 0 Å². The number of carbonyl (C=O) groups is 2. The van der Waals surface area contributed by atoms with E-state index in [0.29, 0.717) is 36.5 Å². The van der Waals surface area contributed by atoms with Crippen LogP contribution in [0.15, 0.2) is 0 Å². The lowest BCUT2D eigenvalue weighted by atomic mass is 9.71. The van der Waals surface area contributed by atoms with Crippen LogP contribution in [0.25, 0.3) is 0 Å². The van der Waals surface area contributed by atoms with Crippen molar-refractivity contribution < 1.29 is 14.7 Å². The number of carbonyl (C=O) groups excluding carboxylic acids is 2. The molecule has 6 heteroatoms. The summed E-state index contributed by atoms with van der Waals surface area (Å²) in [6, 6.07) is 0. The maximum atomic E-state index is 12.6. The summed E-state index contributed by atoms with van der Waals surface area (Å²) < 4.78 is 1.63. The Morgan fingerprint density at radius 2 is 2.00 bits per heavy atom. The van der Waals surface area contributed by atoms with Crippen molar-refractivity contribution in [1.82, 2.24) is 14.7 Å². The van der Waals surface area contributed by atoms with E-state index in [1.807, 2.05) is 0 Å². The van der Waals surface area contributed by atoms with Crippen molar-refractivity contribution in [1.29, 1.82) is 0 Å². The number of amides is 1. The summed E-state index contributed by atoms with van der Waals surface area (Å²) in [5.41, 5.74) is 1.08. The summed E-state index contributed by atoms with van der Waals surface area (Å²) in [6.07, 6.45) is 4.45. The smallest absolute Gasteiger partial charge is 0.295 e. The van der Waals surface area contributed by atoms with Crippen molar-refractivity contribution in [3.63, 3.8) is 0 Å². The third kappa shape index (κ3) is 2.69. The number of aromatic nitrogens is 2. The van der Waals surface area contributed by atoms with Gasteiger partial charge in [-0.1, -0.05) is 12.8 Å². The third-order valence-electron chi connectivity index (χ3n) is 5.65. The second-order valence-corrected chi connectivity index (χ2v) is 7.05. The highest BCUT2D eigenvalue weighted by Crippen LogP contribution is 2.39. The van der Waals surface area contributed by atoms with Gasteiger partial charge in [0.2, 0.25) is 0 Å². The van der Waals surface area contributed by atoms with Gasteiger partial charge in [0, 0.05) is 31.7 Å². The molecule has 2 unspecified atom stereocenters. The van der Waals surface area contributed by atoms with Crippen molar-refractivity contribution in [3.8, 4) is 0 Å². The van der Waals surface area contributed by atoms with Gasteiger partial charge < -0.3 is 10.0 Å². The van der Waals surface area contributed by atoms with E-state index >= 15 is 0 Å². The monoisotopic (exact) mass is 319 g/mol. The molecule has 2 atom stereocenters. The van der Waals surface area contributed by atoms with Gasteiger partial charge in [-0.2, -0.15) is 5.10 Å². The molecular formula is C17H25N3O3. The summed E-state index contributed by atoms with van der Waals surface area (Å²) in [5, 5.41) is 14.9. The molecule has 23 heavy (non-hydrogen) atoms. The Bertz CT molecular complexity index is 652. The Morgan fingerprint density at radius 1 is 1.26 bits per heavy atom. The average Bonchev–Trinajstić information content (AvgIpc) is 2.77. The molecule has 0 bridgehead atoms. The van der Waals surface area contributed by atoms with E-state index in [1.54, 1.807) is 30.5 Å². The highest BCUT2D eigenvalue weighted by molar-refractivity contribution is 6.43. The minimum atomic E-state index is -0.641. The first-order chi connectivity index (χ1) is 10.8. The van der Waals surface area contributed by atoms with E-state index in [4.69, 9.17) is 0 Å². The third-order valence-corrected chi connectivity index (χ3v) is 5.65. The lowest BCUT2D eigenvalue weighted by Gasteiger charge is -2.47. The number of hydrogen-bond donors (Lipinski definition) is 1. The number of aryl methyl sites for hydroxylation is 2. The lowest BCUT2D eigenvalue weighted by Crippen LogP contribution is -2.55.